The number of thiophene rings is 1. The molecular weight excluding hydrogens is 278 g/mol. The molecular formula is C14H15NO2S2. The highest BCUT2D eigenvalue weighted by Gasteiger charge is 2.34. The zero-order valence-corrected chi connectivity index (χ0v) is 12.2. The average molecular weight is 293 g/mol. The van der Waals surface area contributed by atoms with E-state index in [9.17, 15) is 8.42 Å². The predicted octanol–water partition coefficient (Wildman–Crippen LogP) is 2.93. The van der Waals surface area contributed by atoms with Gasteiger partial charge in [0.15, 0.2) is 9.84 Å². The Hall–Kier alpha value is -1.17. The van der Waals surface area contributed by atoms with Gasteiger partial charge in [0.1, 0.15) is 0 Å². The van der Waals surface area contributed by atoms with Crippen molar-refractivity contribution in [2.75, 3.05) is 5.75 Å². The predicted molar refractivity (Wildman–Crippen MR) is 77.1 cm³/mol. The molecule has 0 amide bonds. The van der Waals surface area contributed by atoms with Gasteiger partial charge in [-0.25, -0.2) is 8.42 Å². The van der Waals surface area contributed by atoms with Gasteiger partial charge in [-0.3, -0.25) is 0 Å². The van der Waals surface area contributed by atoms with Gasteiger partial charge in [0.2, 0.25) is 0 Å². The van der Waals surface area contributed by atoms with Crippen molar-refractivity contribution in [3.05, 3.63) is 52.2 Å². The number of sulfone groups is 1. The number of benzene rings is 1. The molecule has 1 aromatic carbocycles. The van der Waals surface area contributed by atoms with Gasteiger partial charge in [-0.05, 0) is 40.9 Å². The minimum absolute atomic E-state index is 0.115. The molecule has 0 aliphatic carbocycles. The molecule has 2 aromatic rings. The van der Waals surface area contributed by atoms with Crippen molar-refractivity contribution >= 4 is 21.2 Å². The van der Waals surface area contributed by atoms with Crippen LogP contribution in [0.3, 0.4) is 0 Å². The molecule has 1 aliphatic heterocycles. The van der Waals surface area contributed by atoms with Crippen LogP contribution >= 0.6 is 11.3 Å². The molecule has 2 unspecified atom stereocenters. The number of nitrogens with one attached hydrogen (secondary N) is 1. The van der Waals surface area contributed by atoms with Crippen molar-refractivity contribution < 1.29 is 8.42 Å². The van der Waals surface area contributed by atoms with Crippen LogP contribution in [0.2, 0.25) is 0 Å². The number of hydrogen-bond acceptors (Lipinski definition) is 4. The minimum atomic E-state index is -3.13. The minimum Gasteiger partial charge on any atom is -0.302 e. The van der Waals surface area contributed by atoms with Gasteiger partial charge in [0.25, 0.3) is 0 Å². The molecule has 1 N–H and O–H groups in total. The maximum Gasteiger partial charge on any atom is 0.180 e. The Morgan fingerprint density at radius 3 is 2.84 bits per heavy atom. The van der Waals surface area contributed by atoms with Gasteiger partial charge in [-0.2, -0.15) is 11.3 Å². The zero-order chi connectivity index (χ0) is 13.5. The fraction of sp³-hybridized carbons (Fsp3) is 0.286. The molecule has 0 radical (unpaired) electrons. The first-order valence-corrected chi connectivity index (χ1v) is 8.77. The van der Waals surface area contributed by atoms with Crippen molar-refractivity contribution in [2.45, 2.75) is 23.9 Å². The summed E-state index contributed by atoms with van der Waals surface area (Å²) in [6, 6.07) is 9.37. The molecule has 2 atom stereocenters. The maximum atomic E-state index is 12.1. The molecule has 19 heavy (non-hydrogen) atoms. The van der Waals surface area contributed by atoms with Crippen molar-refractivity contribution in [2.24, 2.45) is 0 Å². The average Bonchev–Trinajstić information content (AvgIpc) is 2.98. The van der Waals surface area contributed by atoms with E-state index in [1.54, 1.807) is 23.5 Å². The lowest BCUT2D eigenvalue weighted by molar-refractivity contribution is 0.498. The molecule has 0 spiro atoms. The Morgan fingerprint density at radius 2 is 2.11 bits per heavy atom. The second-order valence-corrected chi connectivity index (χ2v) is 7.60. The maximum absolute atomic E-state index is 12.1. The fourth-order valence-corrected chi connectivity index (χ4v) is 5.01. The summed E-state index contributed by atoms with van der Waals surface area (Å²) in [7, 11) is -3.13. The van der Waals surface area contributed by atoms with Crippen LogP contribution in [0.4, 0.5) is 0 Å². The van der Waals surface area contributed by atoms with E-state index in [0.29, 0.717) is 4.90 Å². The van der Waals surface area contributed by atoms with Crippen molar-refractivity contribution in [1.82, 2.24) is 5.32 Å². The highest BCUT2D eigenvalue weighted by atomic mass is 32.2. The van der Waals surface area contributed by atoms with Crippen LogP contribution in [0.15, 0.2) is 46.0 Å². The Kier molecular flexibility index (Phi) is 3.20. The molecule has 100 valence electrons. The van der Waals surface area contributed by atoms with Gasteiger partial charge < -0.3 is 5.32 Å². The van der Waals surface area contributed by atoms with Crippen LogP contribution < -0.4 is 5.32 Å². The molecule has 0 saturated carbocycles. The normalized spacial score (nSPS) is 22.1. The first-order valence-electron chi connectivity index (χ1n) is 6.18. The number of rotatable bonds is 3. The summed E-state index contributed by atoms with van der Waals surface area (Å²) in [5.74, 6) is 0.154. The van der Waals surface area contributed by atoms with E-state index in [2.05, 4.69) is 23.7 Å². The third-order valence-corrected chi connectivity index (χ3v) is 6.03. The first-order chi connectivity index (χ1) is 9.08. The lowest BCUT2D eigenvalue weighted by Gasteiger charge is -2.18. The topological polar surface area (TPSA) is 46.2 Å². The molecule has 0 fully saturated rings. The van der Waals surface area contributed by atoms with Crippen LogP contribution in [-0.4, -0.2) is 14.2 Å². The van der Waals surface area contributed by atoms with Gasteiger partial charge in [0.05, 0.1) is 10.6 Å². The molecule has 0 saturated heterocycles. The Morgan fingerprint density at radius 1 is 1.32 bits per heavy atom. The monoisotopic (exact) mass is 293 g/mol. The van der Waals surface area contributed by atoms with Gasteiger partial charge in [0, 0.05) is 12.1 Å². The van der Waals surface area contributed by atoms with Gasteiger partial charge in [-0.1, -0.05) is 18.2 Å². The van der Waals surface area contributed by atoms with E-state index >= 15 is 0 Å². The second-order valence-electron chi connectivity index (χ2n) is 4.82. The summed E-state index contributed by atoms with van der Waals surface area (Å²) in [5, 5.41) is 7.55. The van der Waals surface area contributed by atoms with Gasteiger partial charge >= 0.3 is 0 Å². The molecule has 1 aliphatic rings. The van der Waals surface area contributed by atoms with E-state index < -0.39 is 9.84 Å². The first kappa shape index (κ1) is 12.8. The van der Waals surface area contributed by atoms with Gasteiger partial charge in [-0.15, -0.1) is 0 Å². The van der Waals surface area contributed by atoms with Crippen LogP contribution in [0, 0.1) is 0 Å². The fourth-order valence-electron chi connectivity index (χ4n) is 2.51. The van der Waals surface area contributed by atoms with Crippen LogP contribution in [-0.2, 0) is 9.84 Å². The third kappa shape index (κ3) is 2.33. The summed E-state index contributed by atoms with van der Waals surface area (Å²) in [5.41, 5.74) is 2.09. The third-order valence-electron chi connectivity index (χ3n) is 3.51. The molecule has 2 heterocycles. The summed E-state index contributed by atoms with van der Waals surface area (Å²) in [6.07, 6.45) is 0. The molecule has 3 nitrogen and oxygen atoms in total. The molecule has 5 heteroatoms. The summed E-state index contributed by atoms with van der Waals surface area (Å²) < 4.78 is 24.2. The van der Waals surface area contributed by atoms with Crippen LogP contribution in [0.25, 0.3) is 0 Å². The van der Waals surface area contributed by atoms with E-state index in [-0.39, 0.29) is 17.8 Å². The largest absolute Gasteiger partial charge is 0.302 e. The summed E-state index contributed by atoms with van der Waals surface area (Å²) in [4.78, 5) is 0.477. The van der Waals surface area contributed by atoms with E-state index in [1.165, 1.54) is 5.56 Å². The second kappa shape index (κ2) is 4.74. The Bertz CT molecular complexity index is 677. The van der Waals surface area contributed by atoms with Crippen LogP contribution in [0.5, 0.6) is 0 Å². The highest BCUT2D eigenvalue weighted by molar-refractivity contribution is 7.91. The number of hydrogen-bond donors (Lipinski definition) is 1. The highest BCUT2D eigenvalue weighted by Crippen LogP contribution is 2.34. The molecule has 1 aromatic heterocycles. The Labute approximate surface area is 117 Å². The summed E-state index contributed by atoms with van der Waals surface area (Å²) >= 11 is 1.65. The smallest absolute Gasteiger partial charge is 0.180 e. The SMILES string of the molecule is CC(NC1CS(=O)(=O)c2ccccc21)c1ccsc1. The lowest BCUT2D eigenvalue weighted by Crippen LogP contribution is -2.25. The van der Waals surface area contributed by atoms with E-state index in [1.807, 2.05) is 17.5 Å². The lowest BCUT2D eigenvalue weighted by atomic mass is 10.1. The van der Waals surface area contributed by atoms with E-state index in [0.717, 1.165) is 5.56 Å². The molecule has 3 rings (SSSR count). The quantitative estimate of drug-likeness (QED) is 0.946. The van der Waals surface area contributed by atoms with Crippen molar-refractivity contribution in [1.29, 1.82) is 0 Å². The van der Waals surface area contributed by atoms with E-state index in [4.69, 9.17) is 0 Å². The summed E-state index contributed by atoms with van der Waals surface area (Å²) in [6.45, 7) is 2.07. The standard InChI is InChI=1S/C14H15NO2S2/c1-10(11-6-7-18-8-11)15-13-9-19(16,17)14-5-3-2-4-12(13)14/h2-8,10,13,15H,9H2,1H3. The number of fused-ring (bicyclic) bond motifs is 1. The zero-order valence-electron chi connectivity index (χ0n) is 10.5. The van der Waals surface area contributed by atoms with Crippen molar-refractivity contribution in [3.63, 3.8) is 0 Å². The Balaban J connectivity index is 1.88. The molecule has 0 bridgehead atoms. The van der Waals surface area contributed by atoms with Crippen molar-refractivity contribution in [3.8, 4) is 0 Å². The van der Waals surface area contributed by atoms with Crippen LogP contribution in [0.1, 0.15) is 30.1 Å².